The summed E-state index contributed by atoms with van der Waals surface area (Å²) < 4.78 is 12.1. The van der Waals surface area contributed by atoms with Crippen LogP contribution in [0, 0.1) is 0 Å². The molecule has 0 aromatic heterocycles. The molecule has 10 heavy (non-hydrogen) atoms. The summed E-state index contributed by atoms with van der Waals surface area (Å²) in [6.07, 6.45) is 4.12. The first-order valence-corrected chi connectivity index (χ1v) is 3.78. The lowest BCUT2D eigenvalue weighted by Crippen LogP contribution is -2.29. The standard InChI is InChI=1S/C8H14FN/c1-7-2-3-8(6-9)10-5-4-7/h4,8,10H,2-3,5-6H2,1H3/t8-/m0/s1. The third-order valence-corrected chi connectivity index (χ3v) is 1.93. The molecule has 0 spiro atoms. The Morgan fingerprint density at radius 1 is 1.80 bits per heavy atom. The molecule has 1 aliphatic heterocycles. The monoisotopic (exact) mass is 143 g/mol. The number of hydrogen-bond acceptors (Lipinski definition) is 1. The van der Waals surface area contributed by atoms with Crippen LogP contribution in [0.25, 0.3) is 0 Å². The normalized spacial score (nSPS) is 27.4. The van der Waals surface area contributed by atoms with Crippen molar-refractivity contribution in [3.05, 3.63) is 11.6 Å². The smallest absolute Gasteiger partial charge is 0.105 e. The zero-order chi connectivity index (χ0) is 7.40. The molecule has 1 N–H and O–H groups in total. The molecule has 58 valence electrons. The van der Waals surface area contributed by atoms with Crippen LogP contribution in [0.3, 0.4) is 0 Å². The van der Waals surface area contributed by atoms with Crippen molar-refractivity contribution in [2.45, 2.75) is 25.8 Å². The Labute approximate surface area is 61.3 Å². The first-order chi connectivity index (χ1) is 4.83. The lowest BCUT2D eigenvalue weighted by molar-refractivity contribution is 0.372. The van der Waals surface area contributed by atoms with Crippen LogP contribution in [-0.4, -0.2) is 19.3 Å². The van der Waals surface area contributed by atoms with Crippen molar-refractivity contribution in [2.75, 3.05) is 13.2 Å². The van der Waals surface area contributed by atoms with Crippen LogP contribution in [-0.2, 0) is 0 Å². The van der Waals surface area contributed by atoms with Crippen LogP contribution in [0.1, 0.15) is 19.8 Å². The molecule has 1 atom stereocenters. The molecule has 0 aromatic carbocycles. The lowest BCUT2D eigenvalue weighted by Gasteiger charge is -2.09. The Bertz CT molecular complexity index is 131. The molecule has 0 aromatic rings. The predicted octanol–water partition coefficient (Wildman–Crippen LogP) is 1.65. The van der Waals surface area contributed by atoms with Crippen LogP contribution in [0.4, 0.5) is 4.39 Å². The Morgan fingerprint density at radius 3 is 3.30 bits per heavy atom. The van der Waals surface area contributed by atoms with Gasteiger partial charge in [-0.2, -0.15) is 0 Å². The molecule has 0 unspecified atom stereocenters. The van der Waals surface area contributed by atoms with E-state index in [1.54, 1.807) is 0 Å². The first kappa shape index (κ1) is 7.73. The summed E-state index contributed by atoms with van der Waals surface area (Å²) in [5.74, 6) is 0. The minimum absolute atomic E-state index is 0.0914. The minimum atomic E-state index is -0.235. The number of nitrogens with one attached hydrogen (secondary N) is 1. The maximum atomic E-state index is 12.1. The van der Waals surface area contributed by atoms with Crippen molar-refractivity contribution in [1.82, 2.24) is 5.32 Å². The molecule has 0 aliphatic carbocycles. The van der Waals surface area contributed by atoms with E-state index in [0.29, 0.717) is 0 Å². The molecule has 1 heterocycles. The molecule has 2 heteroatoms. The summed E-state index contributed by atoms with van der Waals surface area (Å²) in [6, 6.07) is 0.0914. The molecule has 0 fully saturated rings. The number of hydrogen-bond donors (Lipinski definition) is 1. The molecule has 1 rings (SSSR count). The third kappa shape index (κ3) is 2.10. The topological polar surface area (TPSA) is 12.0 Å². The SMILES string of the molecule is CC1=CCN[C@H](CF)CC1. The van der Waals surface area contributed by atoms with Gasteiger partial charge in [0.1, 0.15) is 6.67 Å². The molecule has 1 aliphatic rings. The summed E-state index contributed by atoms with van der Waals surface area (Å²) in [6.45, 7) is 2.70. The van der Waals surface area contributed by atoms with Gasteiger partial charge in [0.25, 0.3) is 0 Å². The largest absolute Gasteiger partial charge is 0.308 e. The van der Waals surface area contributed by atoms with E-state index in [0.717, 1.165) is 19.4 Å². The Hall–Kier alpha value is -0.370. The van der Waals surface area contributed by atoms with Crippen LogP contribution in [0.15, 0.2) is 11.6 Å². The summed E-state index contributed by atoms with van der Waals surface area (Å²) in [5.41, 5.74) is 1.38. The lowest BCUT2D eigenvalue weighted by atomic mass is 10.1. The maximum absolute atomic E-state index is 12.1. The van der Waals surface area contributed by atoms with E-state index in [-0.39, 0.29) is 12.7 Å². The van der Waals surface area contributed by atoms with Crippen molar-refractivity contribution in [3.63, 3.8) is 0 Å². The second-order valence-electron chi connectivity index (χ2n) is 2.85. The molecule has 0 saturated heterocycles. The number of alkyl halides is 1. The Morgan fingerprint density at radius 2 is 2.60 bits per heavy atom. The van der Waals surface area contributed by atoms with Gasteiger partial charge in [0, 0.05) is 12.6 Å². The van der Waals surface area contributed by atoms with Crippen LogP contribution in [0.5, 0.6) is 0 Å². The fourth-order valence-corrected chi connectivity index (χ4v) is 1.14. The molecule has 1 nitrogen and oxygen atoms in total. The average molecular weight is 143 g/mol. The van der Waals surface area contributed by atoms with Crippen LogP contribution >= 0.6 is 0 Å². The van der Waals surface area contributed by atoms with E-state index in [1.807, 2.05) is 0 Å². The molecule has 0 amide bonds. The van der Waals surface area contributed by atoms with Gasteiger partial charge in [0.2, 0.25) is 0 Å². The van der Waals surface area contributed by atoms with Gasteiger partial charge in [-0.15, -0.1) is 0 Å². The van der Waals surface area contributed by atoms with E-state index in [1.165, 1.54) is 5.57 Å². The minimum Gasteiger partial charge on any atom is -0.308 e. The van der Waals surface area contributed by atoms with Gasteiger partial charge in [-0.3, -0.25) is 0 Å². The predicted molar refractivity (Wildman–Crippen MR) is 40.8 cm³/mol. The van der Waals surface area contributed by atoms with Gasteiger partial charge in [0.05, 0.1) is 0 Å². The van der Waals surface area contributed by atoms with Gasteiger partial charge in [-0.1, -0.05) is 11.6 Å². The second-order valence-corrected chi connectivity index (χ2v) is 2.85. The van der Waals surface area contributed by atoms with Crippen molar-refractivity contribution >= 4 is 0 Å². The molecule has 0 radical (unpaired) electrons. The number of halogens is 1. The van der Waals surface area contributed by atoms with Crippen LogP contribution < -0.4 is 5.32 Å². The van der Waals surface area contributed by atoms with Gasteiger partial charge in [-0.05, 0) is 19.8 Å². The van der Waals surface area contributed by atoms with E-state index < -0.39 is 0 Å². The van der Waals surface area contributed by atoms with Gasteiger partial charge in [0.15, 0.2) is 0 Å². The van der Waals surface area contributed by atoms with E-state index in [9.17, 15) is 4.39 Å². The van der Waals surface area contributed by atoms with Crippen molar-refractivity contribution in [1.29, 1.82) is 0 Å². The second kappa shape index (κ2) is 3.71. The maximum Gasteiger partial charge on any atom is 0.105 e. The van der Waals surface area contributed by atoms with E-state index >= 15 is 0 Å². The summed E-state index contributed by atoms with van der Waals surface area (Å²) in [4.78, 5) is 0. The molecular weight excluding hydrogens is 129 g/mol. The van der Waals surface area contributed by atoms with Crippen LogP contribution in [0.2, 0.25) is 0 Å². The quantitative estimate of drug-likeness (QED) is 0.550. The van der Waals surface area contributed by atoms with Gasteiger partial charge >= 0.3 is 0 Å². The van der Waals surface area contributed by atoms with E-state index in [2.05, 4.69) is 18.3 Å². The summed E-state index contributed by atoms with van der Waals surface area (Å²) in [7, 11) is 0. The highest BCUT2D eigenvalue weighted by Gasteiger charge is 2.09. The van der Waals surface area contributed by atoms with Crippen molar-refractivity contribution in [2.24, 2.45) is 0 Å². The zero-order valence-corrected chi connectivity index (χ0v) is 6.36. The highest BCUT2D eigenvalue weighted by molar-refractivity contribution is 5.02. The fourth-order valence-electron chi connectivity index (χ4n) is 1.14. The van der Waals surface area contributed by atoms with Gasteiger partial charge < -0.3 is 5.32 Å². The average Bonchev–Trinajstić information content (AvgIpc) is 2.14. The Balaban J connectivity index is 2.36. The number of allylic oxidation sites excluding steroid dienone is 1. The van der Waals surface area contributed by atoms with E-state index in [4.69, 9.17) is 0 Å². The first-order valence-electron chi connectivity index (χ1n) is 3.78. The van der Waals surface area contributed by atoms with Crippen molar-refractivity contribution < 1.29 is 4.39 Å². The highest BCUT2D eigenvalue weighted by Crippen LogP contribution is 2.09. The zero-order valence-electron chi connectivity index (χ0n) is 6.36. The summed E-state index contributed by atoms with van der Waals surface area (Å²) >= 11 is 0. The third-order valence-electron chi connectivity index (χ3n) is 1.93. The Kier molecular flexibility index (Phi) is 2.87. The molecule has 0 bridgehead atoms. The fraction of sp³-hybridized carbons (Fsp3) is 0.750. The molecule has 0 saturated carbocycles. The summed E-state index contributed by atoms with van der Waals surface area (Å²) in [5, 5.41) is 3.11. The van der Waals surface area contributed by atoms with Gasteiger partial charge in [-0.25, -0.2) is 4.39 Å². The number of rotatable bonds is 1. The highest BCUT2D eigenvalue weighted by atomic mass is 19.1. The molecular formula is C8H14FN. The van der Waals surface area contributed by atoms with Crippen molar-refractivity contribution in [3.8, 4) is 0 Å².